The number of para-hydroxylation sites is 1. The largest absolute Gasteiger partial charge is 0.397 e. The summed E-state index contributed by atoms with van der Waals surface area (Å²) in [6, 6.07) is 14.1. The second kappa shape index (κ2) is 5.00. The standard InChI is InChI=1S/C17H18N2O/c1-2-12-6-8-13(9-7-12)11-19-16(20)10-14-4-3-5-15(18)17(14)19/h3-9H,2,10-11,18H2,1H3. The van der Waals surface area contributed by atoms with Gasteiger partial charge in [0.2, 0.25) is 5.91 Å². The number of rotatable bonds is 3. The number of carbonyl (C=O) groups is 1. The maximum absolute atomic E-state index is 12.2. The highest BCUT2D eigenvalue weighted by Gasteiger charge is 2.28. The van der Waals surface area contributed by atoms with E-state index in [-0.39, 0.29) is 5.91 Å². The molecule has 2 aromatic carbocycles. The molecule has 0 radical (unpaired) electrons. The fourth-order valence-corrected chi connectivity index (χ4v) is 2.70. The van der Waals surface area contributed by atoms with Crippen molar-refractivity contribution in [3.63, 3.8) is 0 Å². The van der Waals surface area contributed by atoms with E-state index in [1.807, 2.05) is 18.2 Å². The Morgan fingerprint density at radius 2 is 1.80 bits per heavy atom. The Morgan fingerprint density at radius 1 is 1.10 bits per heavy atom. The van der Waals surface area contributed by atoms with Crippen LogP contribution >= 0.6 is 0 Å². The molecule has 2 aromatic rings. The fourth-order valence-electron chi connectivity index (χ4n) is 2.70. The van der Waals surface area contributed by atoms with Crippen LogP contribution in [0.2, 0.25) is 0 Å². The van der Waals surface area contributed by atoms with E-state index in [1.54, 1.807) is 4.90 Å². The van der Waals surface area contributed by atoms with Crippen LogP contribution in [0.3, 0.4) is 0 Å². The predicted octanol–water partition coefficient (Wildman–Crippen LogP) is 2.92. The van der Waals surface area contributed by atoms with Crippen LogP contribution in [-0.4, -0.2) is 5.91 Å². The quantitative estimate of drug-likeness (QED) is 0.868. The number of benzene rings is 2. The zero-order valence-corrected chi connectivity index (χ0v) is 11.6. The van der Waals surface area contributed by atoms with Gasteiger partial charge in [-0.05, 0) is 29.2 Å². The van der Waals surface area contributed by atoms with Crippen LogP contribution in [0.25, 0.3) is 0 Å². The van der Waals surface area contributed by atoms with Crippen LogP contribution in [0.4, 0.5) is 11.4 Å². The number of carbonyl (C=O) groups excluding carboxylic acids is 1. The molecule has 3 rings (SSSR count). The van der Waals surface area contributed by atoms with Crippen molar-refractivity contribution in [1.29, 1.82) is 0 Å². The van der Waals surface area contributed by atoms with Crippen LogP contribution in [-0.2, 0) is 24.2 Å². The van der Waals surface area contributed by atoms with E-state index in [2.05, 4.69) is 31.2 Å². The minimum atomic E-state index is 0.123. The van der Waals surface area contributed by atoms with Gasteiger partial charge in [0.25, 0.3) is 0 Å². The first-order valence-electron chi connectivity index (χ1n) is 6.94. The molecule has 0 spiro atoms. The van der Waals surface area contributed by atoms with Gasteiger partial charge in [-0.1, -0.05) is 43.3 Å². The molecule has 0 aromatic heterocycles. The molecular formula is C17H18N2O. The zero-order valence-electron chi connectivity index (χ0n) is 11.6. The van der Waals surface area contributed by atoms with Gasteiger partial charge in [0.05, 0.1) is 24.3 Å². The van der Waals surface area contributed by atoms with Crippen molar-refractivity contribution >= 4 is 17.3 Å². The van der Waals surface area contributed by atoms with Gasteiger partial charge in [0, 0.05) is 0 Å². The van der Waals surface area contributed by atoms with E-state index < -0.39 is 0 Å². The van der Waals surface area contributed by atoms with Crippen molar-refractivity contribution < 1.29 is 4.79 Å². The van der Waals surface area contributed by atoms with E-state index in [0.29, 0.717) is 18.7 Å². The lowest BCUT2D eigenvalue weighted by atomic mass is 10.1. The highest BCUT2D eigenvalue weighted by atomic mass is 16.2. The van der Waals surface area contributed by atoms with E-state index >= 15 is 0 Å². The molecule has 3 heteroatoms. The summed E-state index contributed by atoms with van der Waals surface area (Å²) < 4.78 is 0. The number of aryl methyl sites for hydroxylation is 1. The summed E-state index contributed by atoms with van der Waals surface area (Å²) in [6.45, 7) is 2.72. The first kappa shape index (κ1) is 12.7. The van der Waals surface area contributed by atoms with Gasteiger partial charge < -0.3 is 10.6 Å². The second-order valence-electron chi connectivity index (χ2n) is 5.18. The molecule has 102 valence electrons. The number of anilines is 2. The molecular weight excluding hydrogens is 248 g/mol. The average molecular weight is 266 g/mol. The number of hydrogen-bond acceptors (Lipinski definition) is 2. The summed E-state index contributed by atoms with van der Waals surface area (Å²) in [5.74, 6) is 0.123. The summed E-state index contributed by atoms with van der Waals surface area (Å²) in [4.78, 5) is 14.0. The van der Waals surface area contributed by atoms with Crippen molar-refractivity contribution in [3.05, 3.63) is 59.2 Å². The van der Waals surface area contributed by atoms with Crippen molar-refractivity contribution in [1.82, 2.24) is 0 Å². The Balaban J connectivity index is 1.89. The van der Waals surface area contributed by atoms with E-state index in [1.165, 1.54) is 5.56 Å². The molecule has 20 heavy (non-hydrogen) atoms. The SMILES string of the molecule is CCc1ccc(CN2C(=O)Cc3cccc(N)c32)cc1. The Labute approximate surface area is 119 Å². The topological polar surface area (TPSA) is 46.3 Å². The number of nitrogens with zero attached hydrogens (tertiary/aromatic N) is 1. The van der Waals surface area contributed by atoms with Crippen LogP contribution in [0, 0.1) is 0 Å². The predicted molar refractivity (Wildman–Crippen MR) is 81.6 cm³/mol. The van der Waals surface area contributed by atoms with E-state index in [9.17, 15) is 4.79 Å². The van der Waals surface area contributed by atoms with Crippen molar-refractivity contribution in [2.45, 2.75) is 26.3 Å². The third kappa shape index (κ3) is 2.16. The fraction of sp³-hybridized carbons (Fsp3) is 0.235. The van der Waals surface area contributed by atoms with Gasteiger partial charge in [-0.15, -0.1) is 0 Å². The molecule has 0 bridgehead atoms. The molecule has 0 saturated carbocycles. The summed E-state index contributed by atoms with van der Waals surface area (Å²) in [5.41, 5.74) is 11.1. The molecule has 0 aliphatic carbocycles. The monoisotopic (exact) mass is 266 g/mol. The molecule has 1 aliphatic heterocycles. The Morgan fingerprint density at radius 3 is 2.50 bits per heavy atom. The minimum absolute atomic E-state index is 0.123. The number of nitrogens with two attached hydrogens (primary N) is 1. The Hall–Kier alpha value is -2.29. The van der Waals surface area contributed by atoms with Gasteiger partial charge in [-0.2, -0.15) is 0 Å². The highest BCUT2D eigenvalue weighted by molar-refractivity contribution is 6.04. The van der Waals surface area contributed by atoms with E-state index in [0.717, 1.165) is 23.2 Å². The van der Waals surface area contributed by atoms with Gasteiger partial charge >= 0.3 is 0 Å². The number of amides is 1. The van der Waals surface area contributed by atoms with Crippen molar-refractivity contribution in [2.75, 3.05) is 10.6 Å². The first-order valence-corrected chi connectivity index (χ1v) is 6.94. The molecule has 1 amide bonds. The van der Waals surface area contributed by atoms with Crippen molar-refractivity contribution in [2.24, 2.45) is 0 Å². The smallest absolute Gasteiger partial charge is 0.231 e. The molecule has 1 heterocycles. The van der Waals surface area contributed by atoms with Crippen LogP contribution < -0.4 is 10.6 Å². The third-order valence-electron chi connectivity index (χ3n) is 3.84. The molecule has 1 aliphatic rings. The second-order valence-corrected chi connectivity index (χ2v) is 5.18. The number of fused-ring (bicyclic) bond motifs is 1. The first-order chi connectivity index (χ1) is 9.69. The minimum Gasteiger partial charge on any atom is -0.397 e. The van der Waals surface area contributed by atoms with Crippen LogP contribution in [0.5, 0.6) is 0 Å². The molecule has 0 atom stereocenters. The maximum atomic E-state index is 12.2. The number of nitrogen functional groups attached to an aromatic ring is 1. The number of hydrogen-bond donors (Lipinski definition) is 1. The van der Waals surface area contributed by atoms with E-state index in [4.69, 9.17) is 5.73 Å². The summed E-state index contributed by atoms with van der Waals surface area (Å²) in [6.07, 6.45) is 1.48. The Kier molecular flexibility index (Phi) is 3.18. The summed E-state index contributed by atoms with van der Waals surface area (Å²) in [5, 5.41) is 0. The molecule has 0 fully saturated rings. The van der Waals surface area contributed by atoms with Gasteiger partial charge in [-0.25, -0.2) is 0 Å². The highest BCUT2D eigenvalue weighted by Crippen LogP contribution is 2.35. The van der Waals surface area contributed by atoms with Gasteiger partial charge in [0.15, 0.2) is 0 Å². The summed E-state index contributed by atoms with van der Waals surface area (Å²) in [7, 11) is 0. The average Bonchev–Trinajstić information content (AvgIpc) is 2.77. The van der Waals surface area contributed by atoms with Crippen LogP contribution in [0.15, 0.2) is 42.5 Å². The van der Waals surface area contributed by atoms with Gasteiger partial charge in [-0.3, -0.25) is 4.79 Å². The molecule has 0 saturated heterocycles. The lowest BCUT2D eigenvalue weighted by Gasteiger charge is -2.19. The van der Waals surface area contributed by atoms with Gasteiger partial charge in [0.1, 0.15) is 0 Å². The normalized spacial score (nSPS) is 13.7. The molecule has 0 unspecified atom stereocenters. The third-order valence-corrected chi connectivity index (χ3v) is 3.84. The van der Waals surface area contributed by atoms with Crippen molar-refractivity contribution in [3.8, 4) is 0 Å². The summed E-state index contributed by atoms with van der Waals surface area (Å²) >= 11 is 0. The molecule has 2 N–H and O–H groups in total. The van der Waals surface area contributed by atoms with Crippen LogP contribution in [0.1, 0.15) is 23.6 Å². The zero-order chi connectivity index (χ0) is 14.1. The lowest BCUT2D eigenvalue weighted by molar-refractivity contribution is -0.117. The maximum Gasteiger partial charge on any atom is 0.231 e. The lowest BCUT2D eigenvalue weighted by Crippen LogP contribution is -2.26. The Bertz CT molecular complexity index is 647. The molecule has 3 nitrogen and oxygen atoms in total.